The molecule has 1 heterocycles. The van der Waals surface area contributed by atoms with E-state index in [1.165, 1.54) is 0 Å². The molecule has 1 aliphatic heterocycles. The molecule has 1 aromatic carbocycles. The van der Waals surface area contributed by atoms with Crippen molar-refractivity contribution in [3.63, 3.8) is 0 Å². The molecule has 0 fully saturated rings. The van der Waals surface area contributed by atoms with Crippen LogP contribution in [0.2, 0.25) is 0 Å². The maximum atomic E-state index is 10.1. The van der Waals surface area contributed by atoms with E-state index >= 15 is 0 Å². The Morgan fingerprint density at radius 2 is 1.91 bits per heavy atom. The summed E-state index contributed by atoms with van der Waals surface area (Å²) in [6.45, 7) is 7.05. The van der Waals surface area contributed by atoms with Gasteiger partial charge in [0.25, 0.3) is 0 Å². The van der Waals surface area contributed by atoms with Crippen molar-refractivity contribution < 1.29 is 19.3 Å². The van der Waals surface area contributed by atoms with Crippen LogP contribution in [0.5, 0.6) is 11.5 Å². The quantitative estimate of drug-likeness (QED) is 0.664. The van der Waals surface area contributed by atoms with Crippen LogP contribution in [-0.4, -0.2) is 55.0 Å². The number of aliphatic imine (C=N–C) groups is 1. The molecule has 1 aliphatic rings. The van der Waals surface area contributed by atoms with E-state index in [0.29, 0.717) is 38.2 Å². The highest BCUT2D eigenvalue weighted by molar-refractivity contribution is 8.14. The lowest BCUT2D eigenvalue weighted by molar-refractivity contribution is 0.0366. The minimum absolute atomic E-state index is 0.205. The van der Waals surface area contributed by atoms with Gasteiger partial charge in [0, 0.05) is 24.0 Å². The van der Waals surface area contributed by atoms with Crippen LogP contribution in [0.3, 0.4) is 0 Å². The van der Waals surface area contributed by atoms with Crippen molar-refractivity contribution in [2.75, 3.05) is 38.8 Å². The van der Waals surface area contributed by atoms with E-state index in [9.17, 15) is 5.11 Å². The number of rotatable bonds is 10. The first kappa shape index (κ1) is 18.1. The SMILES string of the molecule is CCCOCCOCCOc1ccc(C2=NC(C)CS2)c(O)c1. The standard InChI is InChI=1S/C17H25NO4S/c1-3-6-20-7-8-21-9-10-22-14-4-5-15(16(19)11-14)17-18-13(2)12-23-17/h4-5,11,13,19H,3,6-10,12H2,1-2H3. The van der Waals surface area contributed by atoms with Crippen LogP contribution in [0.1, 0.15) is 25.8 Å². The van der Waals surface area contributed by atoms with Gasteiger partial charge in [-0.1, -0.05) is 6.92 Å². The van der Waals surface area contributed by atoms with Gasteiger partial charge in [0.2, 0.25) is 0 Å². The minimum Gasteiger partial charge on any atom is -0.507 e. The Bertz CT molecular complexity index is 521. The molecule has 2 rings (SSSR count). The number of aromatic hydroxyl groups is 1. The van der Waals surface area contributed by atoms with Crippen LogP contribution in [0.25, 0.3) is 0 Å². The van der Waals surface area contributed by atoms with E-state index < -0.39 is 0 Å². The van der Waals surface area contributed by atoms with Gasteiger partial charge in [-0.3, -0.25) is 4.99 Å². The largest absolute Gasteiger partial charge is 0.507 e. The molecule has 0 aromatic heterocycles. The Hall–Kier alpha value is -1.24. The lowest BCUT2D eigenvalue weighted by atomic mass is 10.2. The summed E-state index contributed by atoms with van der Waals surface area (Å²) in [5.41, 5.74) is 0.774. The van der Waals surface area contributed by atoms with Gasteiger partial charge in [-0.05, 0) is 25.5 Å². The van der Waals surface area contributed by atoms with Gasteiger partial charge < -0.3 is 19.3 Å². The van der Waals surface area contributed by atoms with Crippen LogP contribution in [-0.2, 0) is 9.47 Å². The fourth-order valence-electron chi connectivity index (χ4n) is 2.09. The second-order valence-corrected chi connectivity index (χ2v) is 6.36. The summed E-state index contributed by atoms with van der Waals surface area (Å²) < 4.78 is 16.3. The lowest BCUT2D eigenvalue weighted by Gasteiger charge is -2.09. The molecule has 6 heteroatoms. The van der Waals surface area contributed by atoms with Crippen LogP contribution in [0.15, 0.2) is 23.2 Å². The fraction of sp³-hybridized carbons (Fsp3) is 0.588. The molecule has 0 radical (unpaired) electrons. The van der Waals surface area contributed by atoms with Crippen molar-refractivity contribution in [1.29, 1.82) is 0 Å². The van der Waals surface area contributed by atoms with E-state index in [2.05, 4.69) is 18.8 Å². The monoisotopic (exact) mass is 339 g/mol. The Kier molecular flexibility index (Phi) is 7.71. The summed E-state index contributed by atoms with van der Waals surface area (Å²) in [5, 5.41) is 11.0. The van der Waals surface area contributed by atoms with Crippen molar-refractivity contribution in [3.8, 4) is 11.5 Å². The van der Waals surface area contributed by atoms with Crippen molar-refractivity contribution >= 4 is 16.8 Å². The van der Waals surface area contributed by atoms with Crippen LogP contribution in [0, 0.1) is 0 Å². The van der Waals surface area contributed by atoms with Crippen LogP contribution >= 0.6 is 11.8 Å². The number of ether oxygens (including phenoxy) is 3. The lowest BCUT2D eigenvalue weighted by Crippen LogP contribution is -2.11. The van der Waals surface area contributed by atoms with Crippen LogP contribution < -0.4 is 4.74 Å². The maximum Gasteiger partial charge on any atom is 0.129 e. The van der Waals surface area contributed by atoms with Gasteiger partial charge in [-0.2, -0.15) is 0 Å². The van der Waals surface area contributed by atoms with E-state index in [4.69, 9.17) is 14.2 Å². The first-order valence-electron chi connectivity index (χ1n) is 8.03. The first-order valence-corrected chi connectivity index (χ1v) is 9.01. The van der Waals surface area contributed by atoms with Crippen molar-refractivity contribution in [2.24, 2.45) is 4.99 Å². The Balaban J connectivity index is 1.70. The molecule has 23 heavy (non-hydrogen) atoms. The molecule has 0 saturated heterocycles. The molecule has 1 N–H and O–H groups in total. The number of benzene rings is 1. The number of phenolic OH excluding ortho intramolecular Hbond substituents is 1. The highest BCUT2D eigenvalue weighted by atomic mass is 32.2. The summed E-state index contributed by atoms with van der Waals surface area (Å²) in [7, 11) is 0. The van der Waals surface area contributed by atoms with E-state index in [0.717, 1.165) is 29.4 Å². The molecule has 128 valence electrons. The van der Waals surface area contributed by atoms with Crippen molar-refractivity contribution in [2.45, 2.75) is 26.3 Å². The second kappa shape index (κ2) is 9.80. The average Bonchev–Trinajstić information content (AvgIpc) is 2.96. The zero-order chi connectivity index (χ0) is 16.5. The number of phenols is 1. The molecule has 0 spiro atoms. The molecule has 0 amide bonds. The second-order valence-electron chi connectivity index (χ2n) is 5.35. The summed E-state index contributed by atoms with van der Waals surface area (Å²) in [6, 6.07) is 5.65. The molecule has 5 nitrogen and oxygen atoms in total. The predicted molar refractivity (Wildman–Crippen MR) is 94.0 cm³/mol. The van der Waals surface area contributed by atoms with E-state index in [-0.39, 0.29) is 5.75 Å². The van der Waals surface area contributed by atoms with Crippen molar-refractivity contribution in [3.05, 3.63) is 23.8 Å². The first-order chi connectivity index (χ1) is 11.2. The number of hydrogen-bond donors (Lipinski definition) is 1. The Morgan fingerprint density at radius 3 is 2.57 bits per heavy atom. The Labute approximate surface area is 142 Å². The topological polar surface area (TPSA) is 60.3 Å². The zero-order valence-corrected chi connectivity index (χ0v) is 14.6. The summed E-state index contributed by atoms with van der Waals surface area (Å²) in [6.07, 6.45) is 1.02. The van der Waals surface area contributed by atoms with E-state index in [1.807, 2.05) is 12.1 Å². The predicted octanol–water partition coefficient (Wildman–Crippen LogP) is 3.10. The molecular formula is C17H25NO4S. The summed E-state index contributed by atoms with van der Waals surface area (Å²) >= 11 is 1.67. The molecule has 1 unspecified atom stereocenters. The Morgan fingerprint density at radius 1 is 1.17 bits per heavy atom. The normalized spacial score (nSPS) is 17.3. The number of nitrogens with zero attached hydrogens (tertiary/aromatic N) is 1. The summed E-state index contributed by atoms with van der Waals surface area (Å²) in [5.74, 6) is 1.80. The molecule has 1 aromatic rings. The molecule has 0 bridgehead atoms. The number of thioether (sulfide) groups is 1. The molecule has 1 atom stereocenters. The molecule has 0 saturated carbocycles. The molecular weight excluding hydrogens is 314 g/mol. The summed E-state index contributed by atoms with van der Waals surface area (Å²) in [4.78, 5) is 4.51. The third-order valence-electron chi connectivity index (χ3n) is 3.22. The average molecular weight is 339 g/mol. The highest BCUT2D eigenvalue weighted by Crippen LogP contribution is 2.31. The van der Waals surface area contributed by atoms with Gasteiger partial charge in [0.05, 0.1) is 25.9 Å². The van der Waals surface area contributed by atoms with Gasteiger partial charge in [-0.15, -0.1) is 11.8 Å². The van der Waals surface area contributed by atoms with Gasteiger partial charge >= 0.3 is 0 Å². The number of hydrogen-bond acceptors (Lipinski definition) is 6. The maximum absolute atomic E-state index is 10.1. The smallest absolute Gasteiger partial charge is 0.129 e. The highest BCUT2D eigenvalue weighted by Gasteiger charge is 2.18. The zero-order valence-electron chi connectivity index (χ0n) is 13.8. The van der Waals surface area contributed by atoms with Crippen LogP contribution in [0.4, 0.5) is 0 Å². The third kappa shape index (κ3) is 6.05. The minimum atomic E-state index is 0.205. The van der Waals surface area contributed by atoms with Crippen molar-refractivity contribution in [1.82, 2.24) is 0 Å². The van der Waals surface area contributed by atoms with E-state index in [1.54, 1.807) is 17.8 Å². The fourth-order valence-corrected chi connectivity index (χ4v) is 3.14. The molecule has 0 aliphatic carbocycles. The van der Waals surface area contributed by atoms with Gasteiger partial charge in [0.1, 0.15) is 23.1 Å². The van der Waals surface area contributed by atoms with Gasteiger partial charge in [-0.25, -0.2) is 0 Å². The third-order valence-corrected chi connectivity index (χ3v) is 4.46. The van der Waals surface area contributed by atoms with Gasteiger partial charge in [0.15, 0.2) is 0 Å².